The van der Waals surface area contributed by atoms with Crippen LogP contribution < -0.4 is 5.32 Å². The van der Waals surface area contributed by atoms with Gasteiger partial charge in [0.05, 0.1) is 17.7 Å². The molecule has 1 aliphatic rings. The number of nitriles is 1. The van der Waals surface area contributed by atoms with E-state index in [1.54, 1.807) is 6.07 Å². The number of aromatic amines is 1. The lowest BCUT2D eigenvalue weighted by Crippen LogP contribution is -2.28. The lowest BCUT2D eigenvalue weighted by atomic mass is 10.0. The molecule has 0 saturated carbocycles. The highest BCUT2D eigenvalue weighted by Gasteiger charge is 2.26. The average Bonchev–Trinajstić information content (AvgIpc) is 3.08. The van der Waals surface area contributed by atoms with Crippen LogP contribution in [0, 0.1) is 11.3 Å². The predicted molar refractivity (Wildman–Crippen MR) is 66.1 cm³/mol. The van der Waals surface area contributed by atoms with Crippen LogP contribution in [-0.2, 0) is 6.42 Å². The van der Waals surface area contributed by atoms with Gasteiger partial charge in [0, 0.05) is 0 Å². The van der Waals surface area contributed by atoms with Gasteiger partial charge in [-0.25, -0.2) is 4.98 Å². The summed E-state index contributed by atoms with van der Waals surface area (Å²) in [4.78, 5) is 15.7. The third-order valence-corrected chi connectivity index (χ3v) is 3.33. The fourth-order valence-corrected chi connectivity index (χ4v) is 2.45. The van der Waals surface area contributed by atoms with Gasteiger partial charge in [0.2, 0.25) is 5.82 Å². The molecule has 19 heavy (non-hydrogen) atoms. The molecule has 0 fully saturated rings. The van der Waals surface area contributed by atoms with E-state index in [-0.39, 0.29) is 17.8 Å². The fourth-order valence-electron chi connectivity index (χ4n) is 2.45. The first-order valence-electron chi connectivity index (χ1n) is 5.97. The highest BCUT2D eigenvalue weighted by atomic mass is 16.2. The van der Waals surface area contributed by atoms with E-state index < -0.39 is 0 Å². The zero-order chi connectivity index (χ0) is 13.2. The van der Waals surface area contributed by atoms with Gasteiger partial charge in [-0.15, -0.1) is 0 Å². The van der Waals surface area contributed by atoms with Gasteiger partial charge in [-0.05, 0) is 30.0 Å². The minimum Gasteiger partial charge on any atom is -0.343 e. The number of nitrogens with zero attached hydrogens (tertiary/aromatic N) is 3. The molecular formula is C13H11N5O. The fraction of sp³-hybridized carbons (Fsp3) is 0.231. The molecule has 0 bridgehead atoms. The Hall–Kier alpha value is -2.68. The highest BCUT2D eigenvalue weighted by molar-refractivity contribution is 5.90. The van der Waals surface area contributed by atoms with Crippen LogP contribution in [0.4, 0.5) is 0 Å². The number of carbonyl (C=O) groups excluding carboxylic acids is 1. The summed E-state index contributed by atoms with van der Waals surface area (Å²) in [6.07, 6.45) is 2.90. The third kappa shape index (κ3) is 1.95. The molecule has 0 spiro atoms. The molecule has 2 aromatic rings. The van der Waals surface area contributed by atoms with Crippen molar-refractivity contribution in [3.63, 3.8) is 0 Å². The molecular weight excluding hydrogens is 242 g/mol. The standard InChI is InChI=1S/C13H11N5O/c14-6-8-2-1-3-10-9(8)4-5-11(10)17-13(19)12-15-7-16-18-12/h1-3,7,11H,4-5H2,(H,17,19)(H,15,16,18)/t11-/m1/s1. The number of nitrogens with one attached hydrogen (secondary N) is 2. The number of fused-ring (bicyclic) bond motifs is 1. The molecule has 94 valence electrons. The quantitative estimate of drug-likeness (QED) is 0.837. The van der Waals surface area contributed by atoms with Crippen molar-refractivity contribution in [1.82, 2.24) is 20.5 Å². The van der Waals surface area contributed by atoms with Crippen LogP contribution in [0.5, 0.6) is 0 Å². The molecule has 1 heterocycles. The number of H-pyrrole nitrogens is 1. The van der Waals surface area contributed by atoms with E-state index >= 15 is 0 Å². The van der Waals surface area contributed by atoms with Crippen molar-refractivity contribution in [3.05, 3.63) is 47.0 Å². The van der Waals surface area contributed by atoms with Gasteiger partial charge >= 0.3 is 0 Å². The van der Waals surface area contributed by atoms with Crippen LogP contribution in [0.25, 0.3) is 0 Å². The van der Waals surface area contributed by atoms with Gasteiger partial charge in [0.1, 0.15) is 6.33 Å². The van der Waals surface area contributed by atoms with E-state index in [9.17, 15) is 4.79 Å². The first kappa shape index (κ1) is 11.4. The molecule has 6 nitrogen and oxygen atoms in total. The van der Waals surface area contributed by atoms with Crippen LogP contribution in [0.3, 0.4) is 0 Å². The molecule has 0 saturated heterocycles. The van der Waals surface area contributed by atoms with Crippen molar-refractivity contribution in [2.75, 3.05) is 0 Å². The van der Waals surface area contributed by atoms with Crippen LogP contribution in [0.15, 0.2) is 24.5 Å². The van der Waals surface area contributed by atoms with Crippen LogP contribution >= 0.6 is 0 Å². The van der Waals surface area contributed by atoms with Crippen LogP contribution in [0.2, 0.25) is 0 Å². The van der Waals surface area contributed by atoms with E-state index in [1.807, 2.05) is 12.1 Å². The predicted octanol–water partition coefficient (Wildman–Crippen LogP) is 1.09. The maximum absolute atomic E-state index is 11.9. The van der Waals surface area contributed by atoms with Crippen molar-refractivity contribution >= 4 is 5.91 Å². The van der Waals surface area contributed by atoms with Crippen molar-refractivity contribution in [2.45, 2.75) is 18.9 Å². The molecule has 1 aromatic heterocycles. The molecule has 1 aromatic carbocycles. The second-order valence-electron chi connectivity index (χ2n) is 4.38. The first-order chi connectivity index (χ1) is 9.29. The van der Waals surface area contributed by atoms with E-state index in [4.69, 9.17) is 5.26 Å². The second kappa shape index (κ2) is 4.53. The molecule has 1 amide bonds. The monoisotopic (exact) mass is 253 g/mol. The van der Waals surface area contributed by atoms with E-state index in [0.29, 0.717) is 5.56 Å². The van der Waals surface area contributed by atoms with Crippen molar-refractivity contribution in [1.29, 1.82) is 5.26 Å². The molecule has 1 aliphatic carbocycles. The molecule has 3 rings (SSSR count). The molecule has 6 heteroatoms. The smallest absolute Gasteiger partial charge is 0.289 e. The van der Waals surface area contributed by atoms with Gasteiger partial charge in [0.15, 0.2) is 0 Å². The zero-order valence-corrected chi connectivity index (χ0v) is 10.1. The lowest BCUT2D eigenvalue weighted by molar-refractivity contribution is 0.0926. The summed E-state index contributed by atoms with van der Waals surface area (Å²) in [5.74, 6) is -0.0809. The summed E-state index contributed by atoms with van der Waals surface area (Å²) in [6, 6.07) is 7.72. The van der Waals surface area contributed by atoms with Gasteiger partial charge < -0.3 is 5.32 Å². The SMILES string of the molecule is N#Cc1cccc2c1CC[C@H]2NC(=O)c1ncn[nH]1. The van der Waals surface area contributed by atoms with Crippen LogP contribution in [0.1, 0.15) is 39.8 Å². The third-order valence-electron chi connectivity index (χ3n) is 3.33. The number of aromatic nitrogens is 3. The van der Waals surface area contributed by atoms with Crippen molar-refractivity contribution in [2.24, 2.45) is 0 Å². The summed E-state index contributed by atoms with van der Waals surface area (Å²) in [5, 5.41) is 18.1. The van der Waals surface area contributed by atoms with Gasteiger partial charge in [-0.2, -0.15) is 10.4 Å². The van der Waals surface area contributed by atoms with Crippen LogP contribution in [-0.4, -0.2) is 21.1 Å². The number of amides is 1. The second-order valence-corrected chi connectivity index (χ2v) is 4.38. The van der Waals surface area contributed by atoms with Crippen molar-refractivity contribution < 1.29 is 4.79 Å². The maximum Gasteiger partial charge on any atom is 0.289 e. The Bertz CT molecular complexity index is 656. The summed E-state index contributed by atoms with van der Waals surface area (Å²) in [5.41, 5.74) is 2.74. The van der Waals surface area contributed by atoms with Gasteiger partial charge in [-0.1, -0.05) is 12.1 Å². The maximum atomic E-state index is 11.9. The Labute approximate surface area is 109 Å². The largest absolute Gasteiger partial charge is 0.343 e. The number of carbonyl (C=O) groups is 1. The number of benzene rings is 1. The topological polar surface area (TPSA) is 94.5 Å². The number of hydrogen-bond donors (Lipinski definition) is 2. The first-order valence-corrected chi connectivity index (χ1v) is 5.97. The molecule has 0 unspecified atom stereocenters. The Morgan fingerprint density at radius 1 is 1.53 bits per heavy atom. The summed E-state index contributed by atoms with van der Waals surface area (Å²) < 4.78 is 0. The minimum atomic E-state index is -0.280. The lowest BCUT2D eigenvalue weighted by Gasteiger charge is -2.13. The molecule has 0 aliphatic heterocycles. The Kier molecular flexibility index (Phi) is 2.72. The molecule has 2 N–H and O–H groups in total. The highest BCUT2D eigenvalue weighted by Crippen LogP contribution is 2.33. The summed E-state index contributed by atoms with van der Waals surface area (Å²) in [7, 11) is 0. The van der Waals surface area contributed by atoms with E-state index in [2.05, 4.69) is 26.6 Å². The molecule has 0 radical (unpaired) electrons. The number of hydrogen-bond acceptors (Lipinski definition) is 4. The Balaban J connectivity index is 1.84. The molecule has 1 atom stereocenters. The van der Waals surface area contributed by atoms with E-state index in [1.165, 1.54) is 6.33 Å². The Morgan fingerprint density at radius 2 is 2.42 bits per heavy atom. The average molecular weight is 253 g/mol. The van der Waals surface area contributed by atoms with Gasteiger partial charge in [-0.3, -0.25) is 9.89 Å². The summed E-state index contributed by atoms with van der Waals surface area (Å²) in [6.45, 7) is 0. The number of rotatable bonds is 2. The van der Waals surface area contributed by atoms with E-state index in [0.717, 1.165) is 24.0 Å². The minimum absolute atomic E-state index is 0.0686. The zero-order valence-electron chi connectivity index (χ0n) is 10.1. The Morgan fingerprint density at radius 3 is 3.16 bits per heavy atom. The van der Waals surface area contributed by atoms with Gasteiger partial charge in [0.25, 0.3) is 5.91 Å². The summed E-state index contributed by atoms with van der Waals surface area (Å²) >= 11 is 0. The van der Waals surface area contributed by atoms with Crippen molar-refractivity contribution in [3.8, 4) is 6.07 Å². The normalized spacial score (nSPS) is 16.7.